The van der Waals surface area contributed by atoms with Gasteiger partial charge < -0.3 is 19.7 Å². The van der Waals surface area contributed by atoms with E-state index in [0.29, 0.717) is 17.9 Å². The first-order valence-corrected chi connectivity index (χ1v) is 11.2. The van der Waals surface area contributed by atoms with Crippen molar-refractivity contribution >= 4 is 11.7 Å². The van der Waals surface area contributed by atoms with Crippen molar-refractivity contribution in [2.45, 2.75) is 6.54 Å². The molecule has 4 heterocycles. The SMILES string of the molecule is CN1CCN(c2ncccc2CNC(=O)c2cnn(-c3ccccc3F)c2-n2cccc2)CC1. The Bertz CT molecular complexity index is 1280. The minimum absolute atomic E-state index is 0.273. The van der Waals surface area contributed by atoms with Crippen LogP contribution in [-0.4, -0.2) is 63.4 Å². The highest BCUT2D eigenvalue weighted by Gasteiger charge is 2.22. The molecule has 1 aliphatic heterocycles. The number of hydrogen-bond donors (Lipinski definition) is 1. The van der Waals surface area contributed by atoms with E-state index < -0.39 is 5.82 Å². The van der Waals surface area contributed by atoms with Crippen LogP contribution in [0.2, 0.25) is 0 Å². The van der Waals surface area contributed by atoms with E-state index in [1.54, 1.807) is 41.4 Å². The first-order valence-electron chi connectivity index (χ1n) is 11.2. The third-order valence-corrected chi connectivity index (χ3v) is 6.03. The van der Waals surface area contributed by atoms with Gasteiger partial charge in [-0.1, -0.05) is 18.2 Å². The van der Waals surface area contributed by atoms with Crippen molar-refractivity contribution < 1.29 is 9.18 Å². The lowest BCUT2D eigenvalue weighted by Gasteiger charge is -2.34. The molecule has 0 saturated carbocycles. The van der Waals surface area contributed by atoms with Crippen LogP contribution < -0.4 is 10.2 Å². The van der Waals surface area contributed by atoms with Gasteiger partial charge in [0.15, 0.2) is 5.82 Å². The maximum Gasteiger partial charge on any atom is 0.256 e. The number of piperazine rings is 1. The standard InChI is InChI=1S/C25H26FN7O/c1-30-13-15-31(16-14-30)23-19(7-6-10-27-23)17-28-24(34)20-18-29-33(22-9-3-2-8-21(22)26)25(20)32-11-4-5-12-32/h2-12,18H,13-17H2,1H3,(H,28,34). The summed E-state index contributed by atoms with van der Waals surface area (Å²) in [4.78, 5) is 22.4. The Balaban J connectivity index is 1.41. The molecule has 1 aromatic carbocycles. The van der Waals surface area contributed by atoms with E-state index >= 15 is 0 Å². The molecule has 5 rings (SSSR count). The maximum absolute atomic E-state index is 14.5. The average Bonchev–Trinajstić information content (AvgIpc) is 3.54. The second-order valence-electron chi connectivity index (χ2n) is 8.29. The molecule has 4 aromatic rings. The van der Waals surface area contributed by atoms with E-state index in [1.807, 2.05) is 24.3 Å². The van der Waals surface area contributed by atoms with Gasteiger partial charge in [-0.3, -0.25) is 4.79 Å². The summed E-state index contributed by atoms with van der Waals surface area (Å²) in [6, 6.07) is 13.9. The van der Waals surface area contributed by atoms with Crippen molar-refractivity contribution in [3.63, 3.8) is 0 Å². The highest BCUT2D eigenvalue weighted by Crippen LogP contribution is 2.23. The maximum atomic E-state index is 14.5. The number of halogens is 1. The number of carbonyl (C=O) groups is 1. The zero-order valence-electron chi connectivity index (χ0n) is 18.9. The fourth-order valence-corrected chi connectivity index (χ4v) is 4.17. The monoisotopic (exact) mass is 459 g/mol. The molecule has 9 heteroatoms. The number of anilines is 1. The Labute approximate surface area is 197 Å². The molecule has 0 aliphatic carbocycles. The number of para-hydroxylation sites is 1. The van der Waals surface area contributed by atoms with E-state index in [9.17, 15) is 9.18 Å². The lowest BCUT2D eigenvalue weighted by molar-refractivity contribution is 0.0951. The highest BCUT2D eigenvalue weighted by molar-refractivity contribution is 5.97. The van der Waals surface area contributed by atoms with Gasteiger partial charge in [-0.15, -0.1) is 0 Å². The first-order chi connectivity index (χ1) is 16.6. The van der Waals surface area contributed by atoms with Crippen LogP contribution in [0.5, 0.6) is 0 Å². The number of amides is 1. The molecule has 1 aliphatic rings. The van der Waals surface area contributed by atoms with Crippen LogP contribution in [0.25, 0.3) is 11.5 Å². The number of benzene rings is 1. The molecule has 1 saturated heterocycles. The van der Waals surface area contributed by atoms with Crippen LogP contribution in [0.3, 0.4) is 0 Å². The molecule has 1 amide bonds. The molecule has 1 fully saturated rings. The van der Waals surface area contributed by atoms with E-state index in [2.05, 4.69) is 32.2 Å². The topological polar surface area (TPSA) is 71.2 Å². The summed E-state index contributed by atoms with van der Waals surface area (Å²) in [5, 5.41) is 7.36. The van der Waals surface area contributed by atoms with Crippen molar-refractivity contribution in [2.75, 3.05) is 38.1 Å². The van der Waals surface area contributed by atoms with Crippen molar-refractivity contribution in [3.8, 4) is 11.5 Å². The van der Waals surface area contributed by atoms with Gasteiger partial charge in [0, 0.05) is 56.9 Å². The number of pyridine rings is 1. The Morgan fingerprint density at radius 2 is 1.79 bits per heavy atom. The van der Waals surface area contributed by atoms with Crippen LogP contribution in [0.4, 0.5) is 10.2 Å². The molecule has 0 radical (unpaired) electrons. The van der Waals surface area contributed by atoms with E-state index in [1.165, 1.54) is 16.9 Å². The van der Waals surface area contributed by atoms with Gasteiger partial charge in [-0.05, 0) is 37.4 Å². The summed E-state index contributed by atoms with van der Waals surface area (Å²) in [5.41, 5.74) is 1.57. The van der Waals surface area contributed by atoms with Crippen molar-refractivity contribution in [1.82, 2.24) is 29.5 Å². The summed E-state index contributed by atoms with van der Waals surface area (Å²) in [6.07, 6.45) is 6.86. The summed E-state index contributed by atoms with van der Waals surface area (Å²) in [5.74, 6) is 0.652. The summed E-state index contributed by atoms with van der Waals surface area (Å²) in [7, 11) is 2.11. The van der Waals surface area contributed by atoms with Crippen molar-refractivity contribution in [1.29, 1.82) is 0 Å². The zero-order valence-corrected chi connectivity index (χ0v) is 18.9. The molecular formula is C25H26FN7O. The zero-order chi connectivity index (χ0) is 23.5. The Morgan fingerprint density at radius 3 is 2.56 bits per heavy atom. The van der Waals surface area contributed by atoms with Crippen LogP contribution in [0.15, 0.2) is 73.3 Å². The normalized spacial score (nSPS) is 14.4. The van der Waals surface area contributed by atoms with E-state index in [-0.39, 0.29) is 11.6 Å². The molecular weight excluding hydrogens is 433 g/mol. The number of carbonyl (C=O) groups excluding carboxylic acids is 1. The third-order valence-electron chi connectivity index (χ3n) is 6.03. The van der Waals surface area contributed by atoms with Crippen LogP contribution in [0.1, 0.15) is 15.9 Å². The first kappa shape index (κ1) is 21.8. The van der Waals surface area contributed by atoms with Gasteiger partial charge in [0.2, 0.25) is 0 Å². The predicted octanol–water partition coefficient (Wildman–Crippen LogP) is 2.88. The van der Waals surface area contributed by atoms with Crippen molar-refractivity contribution in [3.05, 3.63) is 90.3 Å². The summed E-state index contributed by atoms with van der Waals surface area (Å²) in [6.45, 7) is 4.04. The van der Waals surface area contributed by atoms with Crippen molar-refractivity contribution in [2.24, 2.45) is 0 Å². The van der Waals surface area contributed by atoms with E-state index in [4.69, 9.17) is 0 Å². The number of aromatic nitrogens is 4. The number of likely N-dealkylation sites (N-methyl/N-ethyl adjacent to an activating group) is 1. The molecule has 34 heavy (non-hydrogen) atoms. The van der Waals surface area contributed by atoms with E-state index in [0.717, 1.165) is 37.6 Å². The molecule has 0 unspecified atom stereocenters. The van der Waals surface area contributed by atoms with Crippen LogP contribution in [0, 0.1) is 5.82 Å². The molecule has 1 N–H and O–H groups in total. The summed E-state index contributed by atoms with van der Waals surface area (Å²) >= 11 is 0. The minimum atomic E-state index is -0.418. The molecule has 0 atom stereocenters. The highest BCUT2D eigenvalue weighted by atomic mass is 19.1. The molecule has 8 nitrogen and oxygen atoms in total. The fourth-order valence-electron chi connectivity index (χ4n) is 4.17. The Morgan fingerprint density at radius 1 is 1.03 bits per heavy atom. The molecule has 3 aromatic heterocycles. The lowest BCUT2D eigenvalue weighted by Crippen LogP contribution is -2.45. The average molecular weight is 460 g/mol. The smallest absolute Gasteiger partial charge is 0.256 e. The van der Waals surface area contributed by atoms with Gasteiger partial charge in [-0.2, -0.15) is 5.10 Å². The summed E-state index contributed by atoms with van der Waals surface area (Å²) < 4.78 is 17.7. The molecule has 0 bridgehead atoms. The quantitative estimate of drug-likeness (QED) is 0.480. The Kier molecular flexibility index (Phi) is 6.09. The second kappa shape index (κ2) is 9.48. The molecule has 174 valence electrons. The predicted molar refractivity (Wildman–Crippen MR) is 128 cm³/mol. The number of rotatable bonds is 6. The number of hydrogen-bond acceptors (Lipinski definition) is 5. The Hall–Kier alpha value is -3.98. The van der Waals surface area contributed by atoms with Gasteiger partial charge in [0.1, 0.15) is 22.9 Å². The number of nitrogens with zero attached hydrogens (tertiary/aromatic N) is 6. The lowest BCUT2D eigenvalue weighted by atomic mass is 10.2. The number of nitrogens with one attached hydrogen (secondary N) is 1. The minimum Gasteiger partial charge on any atom is -0.354 e. The third kappa shape index (κ3) is 4.29. The van der Waals surface area contributed by atoms with Gasteiger partial charge in [-0.25, -0.2) is 14.1 Å². The largest absolute Gasteiger partial charge is 0.354 e. The van der Waals surface area contributed by atoms with Crippen LogP contribution in [-0.2, 0) is 6.54 Å². The van der Waals surface area contributed by atoms with Gasteiger partial charge in [0.05, 0.1) is 6.20 Å². The molecule has 0 spiro atoms. The van der Waals surface area contributed by atoms with Crippen LogP contribution >= 0.6 is 0 Å². The second-order valence-corrected chi connectivity index (χ2v) is 8.29. The van der Waals surface area contributed by atoms with Gasteiger partial charge in [0.25, 0.3) is 5.91 Å². The fraction of sp³-hybridized carbons (Fsp3) is 0.240. The van der Waals surface area contributed by atoms with Gasteiger partial charge >= 0.3 is 0 Å².